The monoisotopic (exact) mass is 352 g/mol. The lowest BCUT2D eigenvalue weighted by Crippen LogP contribution is -2.39. The van der Waals surface area contributed by atoms with Crippen LogP contribution in [0.2, 0.25) is 0 Å². The molecule has 1 atom stereocenters. The number of benzene rings is 1. The van der Waals surface area contributed by atoms with Gasteiger partial charge in [0, 0.05) is 4.47 Å². The molecular weight excluding hydrogens is 337 g/mol. The first-order chi connectivity index (χ1) is 9.31. The molecule has 3 nitrogen and oxygen atoms in total. The van der Waals surface area contributed by atoms with Crippen LogP contribution in [0.1, 0.15) is 24.9 Å². The molecule has 112 valence electrons. The summed E-state index contributed by atoms with van der Waals surface area (Å²) >= 11 is 3.32. The Labute approximate surface area is 124 Å². The molecule has 0 heterocycles. The minimum absolute atomic E-state index is 0.205. The highest BCUT2D eigenvalue weighted by Crippen LogP contribution is 2.19. The molecule has 0 aromatic heterocycles. The quantitative estimate of drug-likeness (QED) is 0.825. The van der Waals surface area contributed by atoms with Gasteiger partial charge in [0.2, 0.25) is 5.91 Å². The van der Waals surface area contributed by atoms with Crippen molar-refractivity contribution in [1.29, 1.82) is 0 Å². The number of carbonyl (C=O) groups is 1. The second-order valence-corrected chi connectivity index (χ2v) is 5.21. The minimum Gasteiger partial charge on any atom is -0.348 e. The van der Waals surface area contributed by atoms with E-state index in [2.05, 4.69) is 26.6 Å². The molecule has 2 N–H and O–H groups in total. The van der Waals surface area contributed by atoms with Gasteiger partial charge in [-0.3, -0.25) is 4.79 Å². The molecule has 0 aliphatic heterocycles. The van der Waals surface area contributed by atoms with Crippen molar-refractivity contribution >= 4 is 21.8 Å². The summed E-state index contributed by atoms with van der Waals surface area (Å²) in [4.78, 5) is 11.6. The van der Waals surface area contributed by atoms with Gasteiger partial charge in [-0.1, -0.05) is 35.0 Å². The lowest BCUT2D eigenvalue weighted by Gasteiger charge is -2.18. The Kier molecular flexibility index (Phi) is 6.48. The maximum Gasteiger partial charge on any atom is 0.401 e. The van der Waals surface area contributed by atoms with Crippen molar-refractivity contribution in [2.75, 3.05) is 13.1 Å². The summed E-state index contributed by atoms with van der Waals surface area (Å²) in [6.45, 7) is 0.373. The highest BCUT2D eigenvalue weighted by molar-refractivity contribution is 9.10. The van der Waals surface area contributed by atoms with Crippen molar-refractivity contribution in [2.24, 2.45) is 0 Å². The first-order valence-electron chi connectivity index (χ1n) is 6.14. The number of amides is 1. The van der Waals surface area contributed by atoms with E-state index in [1.165, 1.54) is 0 Å². The number of carbonyl (C=O) groups excluding carboxylic acids is 1. The number of hydrogen-bond donors (Lipinski definition) is 2. The average Bonchev–Trinajstić information content (AvgIpc) is 2.35. The van der Waals surface area contributed by atoms with Crippen LogP contribution in [0.15, 0.2) is 28.7 Å². The number of hydrogen-bond acceptors (Lipinski definition) is 2. The standard InChI is InChI=1S/C13H16BrF3N2O/c1-2-11(9-3-5-10(14)6-4-9)19-12(20)7-18-8-13(15,16)17/h3-6,11,18H,2,7-8H2,1H3,(H,19,20). The lowest BCUT2D eigenvalue weighted by atomic mass is 10.0. The van der Waals surface area contributed by atoms with Gasteiger partial charge in [0.25, 0.3) is 0 Å². The third-order valence-corrected chi connectivity index (χ3v) is 3.16. The van der Waals surface area contributed by atoms with E-state index in [9.17, 15) is 18.0 Å². The van der Waals surface area contributed by atoms with Crippen LogP contribution in [-0.2, 0) is 4.79 Å². The summed E-state index contributed by atoms with van der Waals surface area (Å²) in [6, 6.07) is 7.23. The molecule has 0 saturated carbocycles. The molecule has 1 aromatic rings. The molecule has 0 spiro atoms. The van der Waals surface area contributed by atoms with E-state index in [4.69, 9.17) is 0 Å². The Morgan fingerprint density at radius 1 is 1.30 bits per heavy atom. The van der Waals surface area contributed by atoms with Crippen molar-refractivity contribution in [3.63, 3.8) is 0 Å². The van der Waals surface area contributed by atoms with Crippen molar-refractivity contribution in [1.82, 2.24) is 10.6 Å². The molecule has 0 bridgehead atoms. The van der Waals surface area contributed by atoms with Crippen LogP contribution in [0.25, 0.3) is 0 Å². The third-order valence-electron chi connectivity index (χ3n) is 2.63. The third kappa shape index (κ3) is 6.38. The van der Waals surface area contributed by atoms with Gasteiger partial charge in [0.1, 0.15) is 0 Å². The molecule has 1 rings (SSSR count). The molecule has 0 aliphatic carbocycles. The zero-order valence-electron chi connectivity index (χ0n) is 10.9. The van der Waals surface area contributed by atoms with E-state index in [1.807, 2.05) is 31.2 Å². The van der Waals surface area contributed by atoms with Crippen LogP contribution >= 0.6 is 15.9 Å². The molecule has 7 heteroatoms. The van der Waals surface area contributed by atoms with Gasteiger partial charge in [-0.25, -0.2) is 0 Å². The second-order valence-electron chi connectivity index (χ2n) is 4.30. The van der Waals surface area contributed by atoms with Crippen molar-refractivity contribution in [3.8, 4) is 0 Å². The summed E-state index contributed by atoms with van der Waals surface area (Å²) in [6.07, 6.45) is -3.65. The average molecular weight is 353 g/mol. The van der Waals surface area contributed by atoms with Crippen molar-refractivity contribution in [2.45, 2.75) is 25.6 Å². The number of nitrogens with one attached hydrogen (secondary N) is 2. The van der Waals surface area contributed by atoms with E-state index in [-0.39, 0.29) is 12.6 Å². The Morgan fingerprint density at radius 2 is 1.90 bits per heavy atom. The van der Waals surface area contributed by atoms with Crippen molar-refractivity contribution in [3.05, 3.63) is 34.3 Å². The summed E-state index contributed by atoms with van der Waals surface area (Å²) in [5.41, 5.74) is 0.917. The molecule has 0 fully saturated rings. The number of alkyl halides is 3. The summed E-state index contributed by atoms with van der Waals surface area (Å²) in [5.74, 6) is -0.455. The van der Waals surface area contributed by atoms with Gasteiger partial charge in [-0.05, 0) is 24.1 Å². The normalized spacial score (nSPS) is 13.1. The van der Waals surface area contributed by atoms with Crippen LogP contribution in [0, 0.1) is 0 Å². The maximum atomic E-state index is 11.9. The molecule has 0 radical (unpaired) electrons. The zero-order chi connectivity index (χ0) is 15.2. The minimum atomic E-state index is -4.31. The van der Waals surface area contributed by atoms with E-state index in [0.717, 1.165) is 10.0 Å². The lowest BCUT2D eigenvalue weighted by molar-refractivity contribution is -0.128. The Morgan fingerprint density at radius 3 is 2.40 bits per heavy atom. The highest BCUT2D eigenvalue weighted by atomic mass is 79.9. The SMILES string of the molecule is CCC(NC(=O)CNCC(F)(F)F)c1ccc(Br)cc1. The molecule has 1 unspecified atom stereocenters. The van der Waals surface area contributed by atoms with Gasteiger partial charge < -0.3 is 10.6 Å². The number of halogens is 4. The predicted octanol–water partition coefficient (Wildman–Crippen LogP) is 3.17. The van der Waals surface area contributed by atoms with E-state index in [1.54, 1.807) is 0 Å². The highest BCUT2D eigenvalue weighted by Gasteiger charge is 2.26. The summed E-state index contributed by atoms with van der Waals surface area (Å²) in [7, 11) is 0. The largest absolute Gasteiger partial charge is 0.401 e. The van der Waals surface area contributed by atoms with E-state index in [0.29, 0.717) is 6.42 Å². The van der Waals surface area contributed by atoms with Crippen molar-refractivity contribution < 1.29 is 18.0 Å². The van der Waals surface area contributed by atoms with Crippen LogP contribution in [0.3, 0.4) is 0 Å². The molecule has 0 aliphatic rings. The van der Waals surface area contributed by atoms with Crippen LogP contribution < -0.4 is 10.6 Å². The van der Waals surface area contributed by atoms with Crippen LogP contribution in [-0.4, -0.2) is 25.2 Å². The van der Waals surface area contributed by atoms with Crippen LogP contribution in [0.5, 0.6) is 0 Å². The second kappa shape index (κ2) is 7.64. The van der Waals surface area contributed by atoms with Gasteiger partial charge in [0.15, 0.2) is 0 Å². The Hall–Kier alpha value is -1.08. The Balaban J connectivity index is 2.48. The molecule has 0 saturated heterocycles. The zero-order valence-corrected chi connectivity index (χ0v) is 12.5. The predicted molar refractivity (Wildman–Crippen MR) is 74.2 cm³/mol. The molecular formula is C13H16BrF3N2O. The van der Waals surface area contributed by atoms with Gasteiger partial charge in [-0.15, -0.1) is 0 Å². The summed E-state index contributed by atoms with van der Waals surface area (Å²) < 4.78 is 36.7. The first kappa shape index (κ1) is 17.0. The molecule has 20 heavy (non-hydrogen) atoms. The molecule has 1 amide bonds. The fourth-order valence-electron chi connectivity index (χ4n) is 1.68. The first-order valence-corrected chi connectivity index (χ1v) is 6.93. The smallest absolute Gasteiger partial charge is 0.348 e. The van der Waals surface area contributed by atoms with Gasteiger partial charge in [-0.2, -0.15) is 13.2 Å². The van der Waals surface area contributed by atoms with Gasteiger partial charge >= 0.3 is 6.18 Å². The van der Waals surface area contributed by atoms with Gasteiger partial charge in [0.05, 0.1) is 19.1 Å². The van der Waals surface area contributed by atoms with E-state index >= 15 is 0 Å². The number of rotatable bonds is 6. The van der Waals surface area contributed by atoms with E-state index < -0.39 is 18.6 Å². The maximum absolute atomic E-state index is 11.9. The van der Waals surface area contributed by atoms with Crippen LogP contribution in [0.4, 0.5) is 13.2 Å². The fourth-order valence-corrected chi connectivity index (χ4v) is 1.94. The fraction of sp³-hybridized carbons (Fsp3) is 0.462. The molecule has 1 aromatic carbocycles. The Bertz CT molecular complexity index is 434. The topological polar surface area (TPSA) is 41.1 Å². The summed E-state index contributed by atoms with van der Waals surface area (Å²) in [5, 5.41) is 4.78.